The lowest BCUT2D eigenvalue weighted by molar-refractivity contribution is -0.139. The molecule has 5 nitrogen and oxygen atoms in total. The number of fused-ring (bicyclic) bond motifs is 1. The Labute approximate surface area is 116 Å². The monoisotopic (exact) mass is 272 g/mol. The van der Waals surface area contributed by atoms with Gasteiger partial charge < -0.3 is 14.8 Å². The van der Waals surface area contributed by atoms with E-state index in [4.69, 9.17) is 9.84 Å². The number of nitrogens with zero attached hydrogens (tertiary/aromatic N) is 1. The van der Waals surface area contributed by atoms with Crippen LogP contribution in [0.4, 0.5) is 0 Å². The van der Waals surface area contributed by atoms with Gasteiger partial charge in [0.2, 0.25) is 0 Å². The van der Waals surface area contributed by atoms with Gasteiger partial charge in [-0.05, 0) is 36.0 Å². The van der Waals surface area contributed by atoms with E-state index in [2.05, 4.69) is 16.0 Å². The van der Waals surface area contributed by atoms with Gasteiger partial charge in [0.05, 0.1) is 0 Å². The van der Waals surface area contributed by atoms with E-state index < -0.39 is 5.97 Å². The third-order valence-electron chi connectivity index (χ3n) is 3.62. The summed E-state index contributed by atoms with van der Waals surface area (Å²) in [4.78, 5) is 18.0. The van der Waals surface area contributed by atoms with Crippen LogP contribution in [0.1, 0.15) is 17.0 Å². The van der Waals surface area contributed by atoms with E-state index in [1.807, 2.05) is 18.3 Å². The summed E-state index contributed by atoms with van der Waals surface area (Å²) in [6, 6.07) is 5.85. The van der Waals surface area contributed by atoms with Crippen LogP contribution >= 0.6 is 0 Å². The largest absolute Gasteiger partial charge is 0.482 e. The summed E-state index contributed by atoms with van der Waals surface area (Å²) in [5, 5.41) is 8.71. The van der Waals surface area contributed by atoms with Crippen LogP contribution in [0, 0.1) is 5.92 Å². The zero-order valence-electron chi connectivity index (χ0n) is 11.0. The van der Waals surface area contributed by atoms with Gasteiger partial charge in [-0.1, -0.05) is 12.1 Å². The van der Waals surface area contributed by atoms with Crippen molar-refractivity contribution >= 4 is 5.97 Å². The number of hydrogen-bond acceptors (Lipinski definition) is 3. The Bertz CT molecular complexity index is 608. The summed E-state index contributed by atoms with van der Waals surface area (Å²) in [5.41, 5.74) is 2.40. The fourth-order valence-electron chi connectivity index (χ4n) is 2.81. The average molecular weight is 272 g/mol. The number of aliphatic carboxylic acids is 1. The molecule has 0 radical (unpaired) electrons. The van der Waals surface area contributed by atoms with Crippen molar-refractivity contribution in [3.8, 4) is 5.75 Å². The van der Waals surface area contributed by atoms with E-state index in [1.165, 1.54) is 5.56 Å². The minimum atomic E-state index is -0.951. The van der Waals surface area contributed by atoms with Gasteiger partial charge in [-0.15, -0.1) is 0 Å². The molecule has 0 bridgehead atoms. The van der Waals surface area contributed by atoms with Gasteiger partial charge in [0, 0.05) is 18.8 Å². The van der Waals surface area contributed by atoms with Crippen molar-refractivity contribution in [1.29, 1.82) is 0 Å². The van der Waals surface area contributed by atoms with Crippen molar-refractivity contribution in [1.82, 2.24) is 9.97 Å². The predicted octanol–water partition coefficient (Wildman–Crippen LogP) is 1.83. The molecule has 0 saturated carbocycles. The highest BCUT2D eigenvalue weighted by Gasteiger charge is 2.25. The third kappa shape index (κ3) is 2.66. The molecule has 0 fully saturated rings. The maximum absolute atomic E-state index is 10.6. The first-order valence-electron chi connectivity index (χ1n) is 6.66. The van der Waals surface area contributed by atoms with Gasteiger partial charge in [-0.3, -0.25) is 0 Å². The number of ether oxygens (including phenoxy) is 1. The summed E-state index contributed by atoms with van der Waals surface area (Å²) in [6.07, 6.45) is 6.39. The quantitative estimate of drug-likeness (QED) is 0.870. The molecule has 5 heteroatoms. The lowest BCUT2D eigenvalue weighted by Gasteiger charge is -2.09. The minimum absolute atomic E-state index is 0.292. The van der Waals surface area contributed by atoms with Crippen molar-refractivity contribution in [3.63, 3.8) is 0 Å². The van der Waals surface area contributed by atoms with Gasteiger partial charge in [-0.25, -0.2) is 9.78 Å². The van der Waals surface area contributed by atoms with E-state index in [0.29, 0.717) is 11.7 Å². The lowest BCUT2D eigenvalue weighted by Crippen LogP contribution is -2.10. The third-order valence-corrected chi connectivity index (χ3v) is 3.62. The van der Waals surface area contributed by atoms with Crippen LogP contribution in [0.5, 0.6) is 5.75 Å². The molecule has 0 spiro atoms. The van der Waals surface area contributed by atoms with E-state index >= 15 is 0 Å². The van der Waals surface area contributed by atoms with E-state index in [0.717, 1.165) is 30.7 Å². The number of carbonyl (C=O) groups is 1. The molecule has 1 aromatic heterocycles. The van der Waals surface area contributed by atoms with E-state index in [9.17, 15) is 4.79 Å². The summed E-state index contributed by atoms with van der Waals surface area (Å²) in [5.74, 6) is 1.24. The normalized spacial score (nSPS) is 16.9. The number of H-pyrrole nitrogens is 1. The topological polar surface area (TPSA) is 75.2 Å². The SMILES string of the molecule is O=C(O)COc1cccc2c1CC(Cc1ncc[nH]1)C2. The number of aromatic nitrogens is 2. The number of carboxylic acids is 1. The Morgan fingerprint density at radius 2 is 2.35 bits per heavy atom. The van der Waals surface area contributed by atoms with Crippen molar-refractivity contribution in [2.24, 2.45) is 5.92 Å². The molecule has 0 saturated heterocycles. The first-order valence-corrected chi connectivity index (χ1v) is 6.66. The number of imidazole rings is 1. The molecule has 1 aliphatic rings. The van der Waals surface area contributed by atoms with Crippen LogP contribution in [0.15, 0.2) is 30.6 Å². The Kier molecular flexibility index (Phi) is 3.41. The molecule has 0 aliphatic heterocycles. The number of aromatic amines is 1. The van der Waals surface area contributed by atoms with Crippen LogP contribution in [0.3, 0.4) is 0 Å². The minimum Gasteiger partial charge on any atom is -0.482 e. The van der Waals surface area contributed by atoms with Crippen LogP contribution < -0.4 is 4.74 Å². The number of nitrogens with one attached hydrogen (secondary N) is 1. The smallest absolute Gasteiger partial charge is 0.341 e. The molecular formula is C15H16N2O3. The van der Waals surface area contributed by atoms with Crippen LogP contribution in [0.2, 0.25) is 0 Å². The molecule has 1 aliphatic carbocycles. The summed E-state index contributed by atoms with van der Waals surface area (Å²) in [7, 11) is 0. The molecule has 1 atom stereocenters. The average Bonchev–Trinajstić information content (AvgIpc) is 3.05. The van der Waals surface area contributed by atoms with Gasteiger partial charge in [0.25, 0.3) is 0 Å². The van der Waals surface area contributed by atoms with E-state index in [1.54, 1.807) is 6.20 Å². The molecule has 2 N–H and O–H groups in total. The second-order valence-corrected chi connectivity index (χ2v) is 5.09. The van der Waals surface area contributed by atoms with Crippen molar-refractivity contribution in [2.45, 2.75) is 19.3 Å². The number of rotatable bonds is 5. The maximum Gasteiger partial charge on any atom is 0.341 e. The first-order chi connectivity index (χ1) is 9.72. The molecule has 3 rings (SSSR count). The van der Waals surface area contributed by atoms with Gasteiger partial charge in [0.1, 0.15) is 11.6 Å². The number of hydrogen-bond donors (Lipinski definition) is 2. The Morgan fingerprint density at radius 3 is 3.10 bits per heavy atom. The first kappa shape index (κ1) is 12.7. The fourth-order valence-corrected chi connectivity index (χ4v) is 2.81. The van der Waals surface area contributed by atoms with Gasteiger partial charge >= 0.3 is 5.97 Å². The second-order valence-electron chi connectivity index (χ2n) is 5.09. The lowest BCUT2D eigenvalue weighted by atomic mass is 10.0. The summed E-state index contributed by atoms with van der Waals surface area (Å²) in [6.45, 7) is -0.292. The van der Waals surface area contributed by atoms with Crippen LogP contribution in [-0.4, -0.2) is 27.7 Å². The van der Waals surface area contributed by atoms with Crippen molar-refractivity contribution in [3.05, 3.63) is 47.5 Å². The van der Waals surface area contributed by atoms with Crippen molar-refractivity contribution < 1.29 is 14.6 Å². The Balaban J connectivity index is 1.72. The zero-order chi connectivity index (χ0) is 13.9. The van der Waals surface area contributed by atoms with E-state index in [-0.39, 0.29) is 6.61 Å². The summed E-state index contributed by atoms with van der Waals surface area (Å²) < 4.78 is 5.37. The molecule has 0 amide bonds. The highest BCUT2D eigenvalue weighted by molar-refractivity contribution is 5.68. The molecular weight excluding hydrogens is 256 g/mol. The molecule has 20 heavy (non-hydrogen) atoms. The highest BCUT2D eigenvalue weighted by Crippen LogP contribution is 2.34. The van der Waals surface area contributed by atoms with Crippen LogP contribution in [0.25, 0.3) is 0 Å². The second kappa shape index (κ2) is 5.36. The highest BCUT2D eigenvalue weighted by atomic mass is 16.5. The van der Waals surface area contributed by atoms with Crippen molar-refractivity contribution in [2.75, 3.05) is 6.61 Å². The molecule has 2 aromatic rings. The maximum atomic E-state index is 10.6. The zero-order valence-corrected chi connectivity index (χ0v) is 11.0. The number of benzene rings is 1. The standard InChI is InChI=1S/C15H16N2O3/c18-15(19)9-20-13-3-1-2-11-6-10(7-12(11)13)8-14-16-4-5-17-14/h1-5,10H,6-9H2,(H,16,17)(H,18,19). The number of carboxylic acid groups (broad SMARTS) is 1. The molecule has 1 heterocycles. The van der Waals surface area contributed by atoms with Gasteiger partial charge in [-0.2, -0.15) is 0 Å². The van der Waals surface area contributed by atoms with Crippen LogP contribution in [-0.2, 0) is 24.1 Å². The predicted molar refractivity (Wildman–Crippen MR) is 72.8 cm³/mol. The molecule has 1 aromatic carbocycles. The molecule has 1 unspecified atom stereocenters. The molecule has 104 valence electrons. The summed E-state index contributed by atoms with van der Waals surface area (Å²) >= 11 is 0. The Hall–Kier alpha value is -2.30. The Morgan fingerprint density at radius 1 is 1.45 bits per heavy atom. The fraction of sp³-hybridized carbons (Fsp3) is 0.333. The van der Waals surface area contributed by atoms with Gasteiger partial charge in [0.15, 0.2) is 6.61 Å².